The molecular formula is C17H21BrN2O. The fourth-order valence-corrected chi connectivity index (χ4v) is 2.86. The van der Waals surface area contributed by atoms with Crippen molar-refractivity contribution in [2.45, 2.75) is 39.8 Å². The van der Waals surface area contributed by atoms with Gasteiger partial charge in [0, 0.05) is 28.5 Å². The van der Waals surface area contributed by atoms with Gasteiger partial charge < -0.3 is 10.5 Å². The Morgan fingerprint density at radius 2 is 1.81 bits per heavy atom. The highest BCUT2D eigenvalue weighted by atomic mass is 79.9. The molecule has 0 amide bonds. The van der Waals surface area contributed by atoms with Crippen LogP contribution in [0.5, 0.6) is 5.75 Å². The maximum Gasteiger partial charge on any atom is 0.125 e. The highest BCUT2D eigenvalue weighted by Gasteiger charge is 2.08. The number of nitrogens with zero attached hydrogens (tertiary/aromatic N) is 1. The third-order valence-electron chi connectivity index (χ3n) is 3.22. The molecule has 1 aromatic heterocycles. The van der Waals surface area contributed by atoms with Crippen LogP contribution in [0.1, 0.15) is 29.2 Å². The van der Waals surface area contributed by atoms with Crippen LogP contribution in [0.3, 0.4) is 0 Å². The van der Waals surface area contributed by atoms with Gasteiger partial charge in [-0.05, 0) is 65.9 Å². The summed E-state index contributed by atoms with van der Waals surface area (Å²) in [4.78, 5) is 4.15. The molecule has 0 fully saturated rings. The highest BCUT2D eigenvalue weighted by molar-refractivity contribution is 9.10. The molecule has 0 aliphatic rings. The number of rotatable bonds is 5. The third-order valence-corrected chi connectivity index (χ3v) is 3.66. The fourth-order valence-electron chi connectivity index (χ4n) is 2.45. The summed E-state index contributed by atoms with van der Waals surface area (Å²) in [7, 11) is 0. The highest BCUT2D eigenvalue weighted by Crippen LogP contribution is 2.26. The van der Waals surface area contributed by atoms with E-state index in [-0.39, 0.29) is 6.04 Å². The monoisotopic (exact) mass is 348 g/mol. The topological polar surface area (TPSA) is 48.1 Å². The smallest absolute Gasteiger partial charge is 0.125 e. The van der Waals surface area contributed by atoms with Gasteiger partial charge in [-0.1, -0.05) is 12.1 Å². The molecule has 0 radical (unpaired) electrons. The van der Waals surface area contributed by atoms with Crippen LogP contribution in [0.25, 0.3) is 0 Å². The molecular weight excluding hydrogens is 328 g/mol. The minimum atomic E-state index is 0.170. The summed E-state index contributed by atoms with van der Waals surface area (Å²) in [5, 5.41) is 0. The molecule has 1 aromatic carbocycles. The van der Waals surface area contributed by atoms with E-state index in [0.717, 1.165) is 33.3 Å². The number of aryl methyl sites for hydroxylation is 2. The second-order valence-electron chi connectivity index (χ2n) is 5.54. The fraction of sp³-hybridized carbons (Fsp3) is 0.353. The molecule has 0 bridgehead atoms. The largest absolute Gasteiger partial charge is 0.488 e. The first-order chi connectivity index (χ1) is 9.95. The molecule has 4 heteroatoms. The number of hydrogen-bond donors (Lipinski definition) is 1. The van der Waals surface area contributed by atoms with Gasteiger partial charge >= 0.3 is 0 Å². The van der Waals surface area contributed by atoms with Crippen LogP contribution in [0.2, 0.25) is 0 Å². The van der Waals surface area contributed by atoms with Crippen molar-refractivity contribution >= 4 is 15.9 Å². The first-order valence-corrected chi connectivity index (χ1v) is 7.83. The van der Waals surface area contributed by atoms with Crippen LogP contribution in [0.15, 0.2) is 35.1 Å². The Hall–Kier alpha value is -1.39. The van der Waals surface area contributed by atoms with Crippen molar-refractivity contribution in [1.82, 2.24) is 4.98 Å². The van der Waals surface area contributed by atoms with Crippen LogP contribution < -0.4 is 10.5 Å². The summed E-state index contributed by atoms with van der Waals surface area (Å²) in [6, 6.07) is 6.50. The lowest BCUT2D eigenvalue weighted by Gasteiger charge is -2.15. The second-order valence-corrected chi connectivity index (χ2v) is 6.46. The Bertz CT molecular complexity index is 603. The van der Waals surface area contributed by atoms with Gasteiger partial charge in [0.05, 0.1) is 0 Å². The molecule has 21 heavy (non-hydrogen) atoms. The van der Waals surface area contributed by atoms with Crippen molar-refractivity contribution in [3.63, 3.8) is 0 Å². The Morgan fingerprint density at radius 1 is 1.14 bits per heavy atom. The summed E-state index contributed by atoms with van der Waals surface area (Å²) >= 11 is 3.42. The van der Waals surface area contributed by atoms with Crippen molar-refractivity contribution < 1.29 is 4.74 Å². The van der Waals surface area contributed by atoms with Crippen molar-refractivity contribution in [3.05, 3.63) is 57.3 Å². The average Bonchev–Trinajstić information content (AvgIpc) is 2.37. The maximum absolute atomic E-state index is 5.98. The van der Waals surface area contributed by atoms with E-state index in [0.29, 0.717) is 6.61 Å². The average molecular weight is 349 g/mol. The summed E-state index contributed by atoms with van der Waals surface area (Å²) in [5.41, 5.74) is 10.5. The number of pyridine rings is 1. The normalized spacial score (nSPS) is 12.2. The van der Waals surface area contributed by atoms with E-state index in [1.807, 2.05) is 19.2 Å². The predicted molar refractivity (Wildman–Crippen MR) is 89.5 cm³/mol. The van der Waals surface area contributed by atoms with Crippen LogP contribution >= 0.6 is 15.9 Å². The van der Waals surface area contributed by atoms with Gasteiger partial charge in [-0.25, -0.2) is 0 Å². The number of hydrogen-bond acceptors (Lipinski definition) is 3. The molecule has 0 spiro atoms. The summed E-state index contributed by atoms with van der Waals surface area (Å²) in [6.45, 7) is 6.69. The van der Waals surface area contributed by atoms with Gasteiger partial charge in [0.1, 0.15) is 12.4 Å². The lowest BCUT2D eigenvalue weighted by atomic mass is 10.0. The first kappa shape index (κ1) is 16.0. The molecule has 0 aliphatic heterocycles. The first-order valence-electron chi connectivity index (χ1n) is 7.03. The lowest BCUT2D eigenvalue weighted by molar-refractivity contribution is 0.301. The third kappa shape index (κ3) is 4.55. The van der Waals surface area contributed by atoms with Crippen LogP contribution in [0.4, 0.5) is 0 Å². The number of nitrogens with two attached hydrogens (primary N) is 1. The zero-order valence-electron chi connectivity index (χ0n) is 12.7. The minimum absolute atomic E-state index is 0.170. The molecule has 0 saturated carbocycles. The van der Waals surface area contributed by atoms with Gasteiger partial charge in [0.2, 0.25) is 0 Å². The molecule has 3 nitrogen and oxygen atoms in total. The Balaban J connectivity index is 2.13. The van der Waals surface area contributed by atoms with Gasteiger partial charge in [-0.3, -0.25) is 4.98 Å². The number of benzene rings is 1. The zero-order chi connectivity index (χ0) is 15.4. The maximum atomic E-state index is 5.98. The predicted octanol–water partition coefficient (Wildman–Crippen LogP) is 3.93. The van der Waals surface area contributed by atoms with Crippen molar-refractivity contribution in [2.24, 2.45) is 5.73 Å². The van der Waals surface area contributed by atoms with E-state index in [1.54, 1.807) is 6.20 Å². The Labute approximate surface area is 134 Å². The van der Waals surface area contributed by atoms with Gasteiger partial charge in [0.15, 0.2) is 0 Å². The molecule has 1 unspecified atom stereocenters. The molecule has 112 valence electrons. The van der Waals surface area contributed by atoms with Gasteiger partial charge in [-0.15, -0.1) is 0 Å². The quantitative estimate of drug-likeness (QED) is 0.890. The van der Waals surface area contributed by atoms with Crippen molar-refractivity contribution in [3.8, 4) is 5.75 Å². The van der Waals surface area contributed by atoms with E-state index >= 15 is 0 Å². The SMILES string of the molecule is Cc1cc(CC(C)N)cc(C)c1OCc1cncc(Br)c1. The van der Waals surface area contributed by atoms with Crippen molar-refractivity contribution in [2.75, 3.05) is 0 Å². The molecule has 2 aromatic rings. The number of ether oxygens (including phenoxy) is 1. The Morgan fingerprint density at radius 3 is 2.38 bits per heavy atom. The van der Waals surface area contributed by atoms with Gasteiger partial charge in [-0.2, -0.15) is 0 Å². The Kier molecular flexibility index (Phi) is 5.37. The van der Waals surface area contributed by atoms with E-state index in [9.17, 15) is 0 Å². The van der Waals surface area contributed by atoms with Crippen LogP contribution in [-0.2, 0) is 13.0 Å². The molecule has 1 atom stereocenters. The van der Waals surface area contributed by atoms with E-state index in [2.05, 4.69) is 46.9 Å². The summed E-state index contributed by atoms with van der Waals surface area (Å²) in [5.74, 6) is 0.948. The van der Waals surface area contributed by atoms with E-state index < -0.39 is 0 Å². The standard InChI is InChI=1S/C17H21BrN2O/c1-11-4-14(6-13(3)19)5-12(2)17(11)21-10-15-7-16(18)9-20-8-15/h4-5,7-9,13H,6,10,19H2,1-3H3. The molecule has 2 rings (SSSR count). The molecule has 0 saturated heterocycles. The van der Waals surface area contributed by atoms with Gasteiger partial charge in [0.25, 0.3) is 0 Å². The van der Waals surface area contributed by atoms with Crippen LogP contribution in [0, 0.1) is 13.8 Å². The molecule has 1 heterocycles. The zero-order valence-corrected chi connectivity index (χ0v) is 14.3. The summed E-state index contributed by atoms with van der Waals surface area (Å²) < 4.78 is 6.94. The number of aromatic nitrogens is 1. The van der Waals surface area contributed by atoms with E-state index in [4.69, 9.17) is 10.5 Å². The van der Waals surface area contributed by atoms with Crippen molar-refractivity contribution in [1.29, 1.82) is 0 Å². The van der Waals surface area contributed by atoms with Crippen LogP contribution in [-0.4, -0.2) is 11.0 Å². The molecule has 0 aliphatic carbocycles. The minimum Gasteiger partial charge on any atom is -0.488 e. The number of halogens is 1. The molecule has 2 N–H and O–H groups in total. The van der Waals surface area contributed by atoms with E-state index in [1.165, 1.54) is 5.56 Å². The summed E-state index contributed by atoms with van der Waals surface area (Å²) in [6.07, 6.45) is 4.47. The lowest BCUT2D eigenvalue weighted by Crippen LogP contribution is -2.18. The second kappa shape index (κ2) is 7.05.